The van der Waals surface area contributed by atoms with Gasteiger partial charge in [-0.25, -0.2) is 0 Å². The second-order valence-corrected chi connectivity index (χ2v) is 3.74. The number of aromatic nitrogens is 2. The molecular formula is C7H11N3O. The first-order valence-corrected chi connectivity index (χ1v) is 3.69. The Bertz CT molecular complexity index is 279. The van der Waals surface area contributed by atoms with E-state index in [9.17, 15) is 0 Å². The number of hydrogen-bond donors (Lipinski definition) is 1. The van der Waals surface area contributed by atoms with Gasteiger partial charge in [0.2, 0.25) is 5.89 Å². The highest BCUT2D eigenvalue weighted by molar-refractivity contribution is 5.18. The quantitative estimate of drug-likeness (QED) is 0.657. The van der Waals surface area contributed by atoms with Gasteiger partial charge in [0.1, 0.15) is 0 Å². The van der Waals surface area contributed by atoms with Crippen molar-refractivity contribution in [1.29, 1.82) is 0 Å². The molecule has 1 saturated carbocycles. The van der Waals surface area contributed by atoms with Crippen LogP contribution in [0.4, 0.5) is 5.95 Å². The van der Waals surface area contributed by atoms with Gasteiger partial charge in [-0.1, -0.05) is 13.8 Å². The van der Waals surface area contributed by atoms with Crippen LogP contribution in [0, 0.1) is 5.41 Å². The van der Waals surface area contributed by atoms with E-state index >= 15 is 0 Å². The van der Waals surface area contributed by atoms with Gasteiger partial charge in [-0.05, 0) is 17.0 Å². The zero-order valence-electron chi connectivity index (χ0n) is 6.66. The van der Waals surface area contributed by atoms with Gasteiger partial charge in [-0.2, -0.15) is 4.98 Å². The second-order valence-electron chi connectivity index (χ2n) is 3.74. The van der Waals surface area contributed by atoms with Crippen LogP contribution in [0.5, 0.6) is 0 Å². The van der Waals surface area contributed by atoms with Crippen molar-refractivity contribution in [2.45, 2.75) is 26.2 Å². The van der Waals surface area contributed by atoms with Crippen LogP contribution in [0.3, 0.4) is 0 Å². The molecule has 0 bridgehead atoms. The van der Waals surface area contributed by atoms with E-state index in [2.05, 4.69) is 24.0 Å². The topological polar surface area (TPSA) is 64.9 Å². The fourth-order valence-corrected chi connectivity index (χ4v) is 1.28. The maximum Gasteiger partial charge on any atom is 0.260 e. The van der Waals surface area contributed by atoms with E-state index in [0.29, 0.717) is 17.2 Å². The maximum atomic E-state index is 5.32. The molecule has 0 aliphatic heterocycles. The lowest BCUT2D eigenvalue weighted by Gasteiger charge is -1.95. The molecule has 60 valence electrons. The molecule has 2 N–H and O–H groups in total. The van der Waals surface area contributed by atoms with Crippen LogP contribution in [0.2, 0.25) is 0 Å². The van der Waals surface area contributed by atoms with Crippen molar-refractivity contribution >= 4 is 5.95 Å². The highest BCUT2D eigenvalue weighted by Crippen LogP contribution is 2.57. The van der Waals surface area contributed by atoms with Crippen molar-refractivity contribution in [2.24, 2.45) is 5.41 Å². The molecule has 0 spiro atoms. The SMILES string of the molecule is CC1(C)CC1c1nc(N)no1. The van der Waals surface area contributed by atoms with E-state index in [1.807, 2.05) is 0 Å². The Labute approximate surface area is 64.8 Å². The van der Waals surface area contributed by atoms with Gasteiger partial charge in [-0.3, -0.25) is 0 Å². The molecular weight excluding hydrogens is 142 g/mol. The zero-order chi connectivity index (χ0) is 8.06. The Morgan fingerprint density at radius 2 is 2.27 bits per heavy atom. The molecule has 2 rings (SSSR count). The van der Waals surface area contributed by atoms with Gasteiger partial charge in [0.25, 0.3) is 5.95 Å². The van der Waals surface area contributed by atoms with E-state index < -0.39 is 0 Å². The van der Waals surface area contributed by atoms with Crippen molar-refractivity contribution in [3.05, 3.63) is 5.89 Å². The normalized spacial score (nSPS) is 26.9. The fraction of sp³-hybridized carbons (Fsp3) is 0.714. The van der Waals surface area contributed by atoms with Crippen LogP contribution < -0.4 is 5.73 Å². The lowest BCUT2D eigenvalue weighted by Crippen LogP contribution is -1.91. The minimum atomic E-state index is 0.239. The van der Waals surface area contributed by atoms with Crippen molar-refractivity contribution in [3.63, 3.8) is 0 Å². The highest BCUT2D eigenvalue weighted by Gasteiger charge is 2.50. The molecule has 1 fully saturated rings. The molecule has 4 nitrogen and oxygen atoms in total. The summed E-state index contributed by atoms with van der Waals surface area (Å²) < 4.78 is 4.94. The summed E-state index contributed by atoms with van der Waals surface area (Å²) in [4.78, 5) is 3.97. The number of nitrogen functional groups attached to an aromatic ring is 1. The molecule has 0 aromatic carbocycles. The molecule has 11 heavy (non-hydrogen) atoms. The third-order valence-corrected chi connectivity index (χ3v) is 2.27. The Kier molecular flexibility index (Phi) is 1.06. The summed E-state index contributed by atoms with van der Waals surface area (Å²) >= 11 is 0. The van der Waals surface area contributed by atoms with E-state index in [0.717, 1.165) is 6.42 Å². The summed E-state index contributed by atoms with van der Waals surface area (Å²) in [5.74, 6) is 1.35. The molecule has 0 amide bonds. The van der Waals surface area contributed by atoms with Crippen molar-refractivity contribution in [3.8, 4) is 0 Å². The van der Waals surface area contributed by atoms with Crippen molar-refractivity contribution in [2.75, 3.05) is 5.73 Å². The molecule has 1 aromatic rings. The largest absolute Gasteiger partial charge is 0.365 e. The fourth-order valence-electron chi connectivity index (χ4n) is 1.28. The standard InChI is InChI=1S/C7H11N3O/c1-7(2)3-4(7)5-9-6(8)10-11-5/h4H,3H2,1-2H3,(H2,8,10). The molecule has 1 aromatic heterocycles. The van der Waals surface area contributed by atoms with Crippen molar-refractivity contribution < 1.29 is 4.52 Å². The summed E-state index contributed by atoms with van der Waals surface area (Å²) in [6, 6.07) is 0. The monoisotopic (exact) mass is 153 g/mol. The van der Waals surface area contributed by atoms with E-state index in [1.54, 1.807) is 0 Å². The second kappa shape index (κ2) is 1.75. The van der Waals surface area contributed by atoms with Gasteiger partial charge >= 0.3 is 0 Å². The zero-order valence-corrected chi connectivity index (χ0v) is 6.66. The van der Waals surface area contributed by atoms with E-state index in [-0.39, 0.29) is 5.95 Å². The predicted molar refractivity (Wildman–Crippen MR) is 39.8 cm³/mol. The molecule has 0 saturated heterocycles. The van der Waals surface area contributed by atoms with Gasteiger partial charge in [0.05, 0.1) is 0 Å². The minimum Gasteiger partial charge on any atom is -0.365 e. The highest BCUT2D eigenvalue weighted by atomic mass is 16.5. The van der Waals surface area contributed by atoms with Gasteiger partial charge < -0.3 is 10.3 Å². The summed E-state index contributed by atoms with van der Waals surface area (Å²) in [7, 11) is 0. The summed E-state index contributed by atoms with van der Waals surface area (Å²) in [5.41, 5.74) is 5.65. The number of anilines is 1. The van der Waals surface area contributed by atoms with Crippen molar-refractivity contribution in [1.82, 2.24) is 10.1 Å². The van der Waals surface area contributed by atoms with Crippen LogP contribution in [0.1, 0.15) is 32.1 Å². The first-order chi connectivity index (χ1) is 5.09. The van der Waals surface area contributed by atoms with E-state index in [1.165, 1.54) is 0 Å². The van der Waals surface area contributed by atoms with Gasteiger partial charge in [0.15, 0.2) is 0 Å². The van der Waals surface area contributed by atoms with E-state index in [4.69, 9.17) is 10.3 Å². The predicted octanol–water partition coefficient (Wildman–Crippen LogP) is 1.17. The molecule has 4 heteroatoms. The van der Waals surface area contributed by atoms with Crippen LogP contribution in [-0.4, -0.2) is 10.1 Å². The number of nitrogens with two attached hydrogens (primary N) is 1. The summed E-state index contributed by atoms with van der Waals surface area (Å²) in [6.07, 6.45) is 1.12. The molecule has 1 unspecified atom stereocenters. The first-order valence-electron chi connectivity index (χ1n) is 3.69. The average molecular weight is 153 g/mol. The summed E-state index contributed by atoms with van der Waals surface area (Å²) in [6.45, 7) is 4.36. The Morgan fingerprint density at radius 3 is 2.64 bits per heavy atom. The first kappa shape index (κ1) is 6.64. The molecule has 0 radical (unpaired) electrons. The van der Waals surface area contributed by atoms with Crippen LogP contribution in [0.25, 0.3) is 0 Å². The molecule has 1 atom stereocenters. The lowest BCUT2D eigenvalue weighted by atomic mass is 10.1. The Balaban J connectivity index is 2.20. The molecule has 1 heterocycles. The van der Waals surface area contributed by atoms with Gasteiger partial charge in [0, 0.05) is 5.92 Å². The van der Waals surface area contributed by atoms with Crippen LogP contribution >= 0.6 is 0 Å². The minimum absolute atomic E-state index is 0.239. The number of hydrogen-bond acceptors (Lipinski definition) is 4. The Morgan fingerprint density at radius 1 is 1.64 bits per heavy atom. The average Bonchev–Trinajstić information content (AvgIpc) is 2.39. The number of rotatable bonds is 1. The van der Waals surface area contributed by atoms with Crippen LogP contribution in [0.15, 0.2) is 4.52 Å². The third kappa shape index (κ3) is 0.982. The third-order valence-electron chi connectivity index (χ3n) is 2.27. The lowest BCUT2D eigenvalue weighted by molar-refractivity contribution is 0.368. The Hall–Kier alpha value is -1.06. The van der Waals surface area contributed by atoms with Gasteiger partial charge in [-0.15, -0.1) is 0 Å². The molecule has 1 aliphatic carbocycles. The number of nitrogens with zero attached hydrogens (tertiary/aromatic N) is 2. The molecule has 1 aliphatic rings. The smallest absolute Gasteiger partial charge is 0.260 e. The maximum absolute atomic E-state index is 5.32. The van der Waals surface area contributed by atoms with Crippen LogP contribution in [-0.2, 0) is 0 Å². The summed E-state index contributed by atoms with van der Waals surface area (Å²) in [5, 5.41) is 3.54.